The predicted molar refractivity (Wildman–Crippen MR) is 131 cm³/mol. The number of quaternary nitrogens is 1. The van der Waals surface area contributed by atoms with E-state index >= 15 is 0 Å². The van der Waals surface area contributed by atoms with Gasteiger partial charge in [0.25, 0.3) is 11.8 Å². The molecule has 3 N–H and O–H groups in total. The maximum Gasteiger partial charge on any atom is 0.280 e. The van der Waals surface area contributed by atoms with Crippen molar-refractivity contribution < 1.29 is 19.2 Å². The van der Waals surface area contributed by atoms with Gasteiger partial charge in [0, 0.05) is 10.6 Å². The van der Waals surface area contributed by atoms with Gasteiger partial charge in [-0.15, -0.1) is 11.3 Å². The number of fused-ring (bicyclic) bond motifs is 1. The van der Waals surface area contributed by atoms with Crippen molar-refractivity contribution in [2.75, 3.05) is 37.9 Å². The Kier molecular flexibility index (Phi) is 7.62. The topological polar surface area (TPSA) is 71.9 Å². The van der Waals surface area contributed by atoms with Crippen molar-refractivity contribution in [2.24, 2.45) is 11.3 Å². The molecule has 0 aliphatic heterocycles. The van der Waals surface area contributed by atoms with E-state index in [0.717, 1.165) is 35.5 Å². The highest BCUT2D eigenvalue weighted by atomic mass is 32.1. The normalized spacial score (nSPS) is 15.9. The summed E-state index contributed by atoms with van der Waals surface area (Å²) in [6.45, 7) is 9.72. The highest BCUT2D eigenvalue weighted by molar-refractivity contribution is 7.17. The number of carbonyl (C=O) groups is 2. The van der Waals surface area contributed by atoms with Gasteiger partial charge in [0.1, 0.15) is 10.8 Å². The molecule has 2 amide bonds. The van der Waals surface area contributed by atoms with Crippen LogP contribution in [0.2, 0.25) is 0 Å². The number of thiophene rings is 1. The molecule has 174 valence electrons. The summed E-state index contributed by atoms with van der Waals surface area (Å²) in [5.74, 6) is 1.08. The van der Waals surface area contributed by atoms with E-state index in [4.69, 9.17) is 4.74 Å². The van der Waals surface area contributed by atoms with Gasteiger partial charge in [-0.1, -0.05) is 20.8 Å². The number of hydrogen-bond donors (Lipinski definition) is 3. The van der Waals surface area contributed by atoms with Crippen molar-refractivity contribution in [3.05, 3.63) is 40.3 Å². The molecule has 1 aromatic heterocycles. The summed E-state index contributed by atoms with van der Waals surface area (Å²) in [7, 11) is 3.87. The van der Waals surface area contributed by atoms with Gasteiger partial charge < -0.3 is 20.3 Å². The number of amides is 2. The molecule has 1 aliphatic carbocycles. The zero-order valence-corrected chi connectivity index (χ0v) is 20.9. The predicted octanol–water partition coefficient (Wildman–Crippen LogP) is 3.63. The fourth-order valence-corrected chi connectivity index (χ4v) is 5.48. The smallest absolute Gasteiger partial charge is 0.280 e. The van der Waals surface area contributed by atoms with Crippen LogP contribution in [-0.4, -0.2) is 39.1 Å². The first-order valence-electron chi connectivity index (χ1n) is 11.4. The van der Waals surface area contributed by atoms with Crippen LogP contribution >= 0.6 is 11.3 Å². The third-order valence-electron chi connectivity index (χ3n) is 5.91. The van der Waals surface area contributed by atoms with E-state index in [-0.39, 0.29) is 17.2 Å². The van der Waals surface area contributed by atoms with Gasteiger partial charge >= 0.3 is 0 Å². The molecule has 7 heteroatoms. The molecule has 1 heterocycles. The molecule has 0 saturated heterocycles. The molecule has 0 fully saturated rings. The largest absolute Gasteiger partial charge is 0.494 e. The van der Waals surface area contributed by atoms with Gasteiger partial charge in [0.15, 0.2) is 6.54 Å². The van der Waals surface area contributed by atoms with E-state index in [1.807, 2.05) is 45.3 Å². The second-order valence-electron chi connectivity index (χ2n) is 9.86. The number of anilines is 2. The van der Waals surface area contributed by atoms with Crippen molar-refractivity contribution in [1.29, 1.82) is 0 Å². The number of nitrogens with one attached hydrogen (secondary N) is 3. The van der Waals surface area contributed by atoms with Crippen molar-refractivity contribution in [1.82, 2.24) is 0 Å². The highest BCUT2D eigenvalue weighted by Crippen LogP contribution is 2.44. The molecular weight excluding hydrogens is 422 g/mol. The number of likely N-dealkylation sites (N-methyl/N-ethyl adjacent to an activating group) is 1. The van der Waals surface area contributed by atoms with Crippen molar-refractivity contribution in [2.45, 2.75) is 47.0 Å². The summed E-state index contributed by atoms with van der Waals surface area (Å²) >= 11 is 1.56. The fourth-order valence-electron chi connectivity index (χ4n) is 4.14. The minimum absolute atomic E-state index is 0.0777. The lowest BCUT2D eigenvalue weighted by Gasteiger charge is -2.33. The first kappa shape index (κ1) is 24.3. The molecule has 0 radical (unpaired) electrons. The third kappa shape index (κ3) is 5.90. The van der Waals surface area contributed by atoms with Crippen LogP contribution in [0.1, 0.15) is 54.9 Å². The molecule has 1 aliphatic rings. The highest BCUT2D eigenvalue weighted by Gasteiger charge is 2.34. The molecule has 2 aromatic rings. The van der Waals surface area contributed by atoms with Gasteiger partial charge in [-0.05, 0) is 67.3 Å². The SMILES string of the molecule is CCOc1ccc(NC(=O)c2c(NC(=O)C[NH+](C)C)sc3c2CC[C@H](C(C)(C)C)C3)cc1. The number of rotatable bonds is 7. The lowest BCUT2D eigenvalue weighted by Crippen LogP contribution is -3.06. The van der Waals surface area contributed by atoms with E-state index < -0.39 is 0 Å². The zero-order chi connectivity index (χ0) is 23.5. The van der Waals surface area contributed by atoms with Crippen LogP contribution in [-0.2, 0) is 17.6 Å². The minimum atomic E-state index is -0.173. The van der Waals surface area contributed by atoms with Crippen LogP contribution in [0.3, 0.4) is 0 Å². The van der Waals surface area contributed by atoms with Gasteiger partial charge in [-0.25, -0.2) is 0 Å². The molecule has 0 saturated carbocycles. The van der Waals surface area contributed by atoms with Gasteiger partial charge in [-0.2, -0.15) is 0 Å². The number of hydrogen-bond acceptors (Lipinski definition) is 4. The molecule has 6 nitrogen and oxygen atoms in total. The monoisotopic (exact) mass is 458 g/mol. The van der Waals surface area contributed by atoms with E-state index in [0.29, 0.717) is 35.3 Å². The van der Waals surface area contributed by atoms with Crippen molar-refractivity contribution in [3.63, 3.8) is 0 Å². The quantitative estimate of drug-likeness (QED) is 0.593. The summed E-state index contributed by atoms with van der Waals surface area (Å²) < 4.78 is 5.48. The van der Waals surface area contributed by atoms with Gasteiger partial charge in [0.05, 0.1) is 26.3 Å². The lowest BCUT2D eigenvalue weighted by atomic mass is 9.72. The Labute approximate surface area is 195 Å². The van der Waals surface area contributed by atoms with E-state index in [9.17, 15) is 9.59 Å². The number of benzene rings is 1. The molecular formula is C25H36N3O3S+. The molecule has 1 atom stereocenters. The molecule has 32 heavy (non-hydrogen) atoms. The Morgan fingerprint density at radius 1 is 1.16 bits per heavy atom. The Hall–Kier alpha value is -2.38. The van der Waals surface area contributed by atoms with Crippen LogP contribution in [0.25, 0.3) is 0 Å². The van der Waals surface area contributed by atoms with Gasteiger partial charge in [0.2, 0.25) is 0 Å². The van der Waals surface area contributed by atoms with Crippen LogP contribution in [0, 0.1) is 11.3 Å². The van der Waals surface area contributed by atoms with Crippen LogP contribution in [0.15, 0.2) is 24.3 Å². The Balaban J connectivity index is 1.89. The van der Waals surface area contributed by atoms with Gasteiger partial charge in [-0.3, -0.25) is 9.59 Å². The Morgan fingerprint density at radius 3 is 2.44 bits per heavy atom. The third-order valence-corrected chi connectivity index (χ3v) is 7.08. The first-order chi connectivity index (χ1) is 15.1. The van der Waals surface area contributed by atoms with E-state index in [1.54, 1.807) is 11.3 Å². The molecule has 0 unspecified atom stereocenters. The second-order valence-corrected chi connectivity index (χ2v) is 11.0. The lowest BCUT2D eigenvalue weighted by molar-refractivity contribution is -0.849. The number of carbonyl (C=O) groups excluding carboxylic acids is 2. The average molecular weight is 459 g/mol. The van der Waals surface area contributed by atoms with Crippen LogP contribution in [0.5, 0.6) is 5.75 Å². The molecule has 0 spiro atoms. The maximum atomic E-state index is 13.4. The van der Waals surface area contributed by atoms with Crippen LogP contribution in [0.4, 0.5) is 10.7 Å². The van der Waals surface area contributed by atoms with Crippen molar-refractivity contribution >= 4 is 33.8 Å². The molecule has 3 rings (SSSR count). The summed E-state index contributed by atoms with van der Waals surface area (Å²) in [5, 5.41) is 6.70. The second kappa shape index (κ2) is 10.0. The molecule has 1 aromatic carbocycles. The number of ether oxygens (including phenoxy) is 1. The zero-order valence-electron chi connectivity index (χ0n) is 20.1. The average Bonchev–Trinajstić information content (AvgIpc) is 3.05. The minimum Gasteiger partial charge on any atom is -0.494 e. The van der Waals surface area contributed by atoms with E-state index in [1.165, 1.54) is 4.88 Å². The van der Waals surface area contributed by atoms with E-state index in [2.05, 4.69) is 31.4 Å². The Bertz CT molecular complexity index is 958. The Morgan fingerprint density at radius 2 is 1.84 bits per heavy atom. The first-order valence-corrected chi connectivity index (χ1v) is 12.2. The van der Waals surface area contributed by atoms with Crippen LogP contribution < -0.4 is 20.3 Å². The summed E-state index contributed by atoms with van der Waals surface area (Å²) in [4.78, 5) is 28.2. The summed E-state index contributed by atoms with van der Waals surface area (Å²) in [5.41, 5.74) is 2.63. The summed E-state index contributed by atoms with van der Waals surface area (Å²) in [6, 6.07) is 7.37. The summed E-state index contributed by atoms with van der Waals surface area (Å²) in [6.07, 6.45) is 2.85. The standard InChI is InChI=1S/C25H35N3O3S/c1-7-31-18-11-9-17(10-12-18)26-23(30)22-19-13-8-16(25(2,3)4)14-20(19)32-24(22)27-21(29)15-28(5)6/h9-12,16H,7-8,13-15H2,1-6H3,(H,26,30)(H,27,29)/p+1/t16-/m0/s1. The van der Waals surface area contributed by atoms with Crippen molar-refractivity contribution in [3.8, 4) is 5.75 Å². The fraction of sp³-hybridized carbons (Fsp3) is 0.520. The maximum absolute atomic E-state index is 13.4. The molecule has 0 bridgehead atoms.